The molecule has 1 aliphatic rings. The van der Waals surface area contributed by atoms with E-state index >= 15 is 0 Å². The van der Waals surface area contributed by atoms with Crippen LogP contribution in [-0.2, 0) is 0 Å². The molecule has 0 N–H and O–H groups in total. The summed E-state index contributed by atoms with van der Waals surface area (Å²) in [4.78, 5) is 0. The van der Waals surface area contributed by atoms with Crippen LogP contribution in [0.3, 0.4) is 0 Å². The van der Waals surface area contributed by atoms with E-state index in [2.05, 4.69) is 0 Å². The lowest BCUT2D eigenvalue weighted by atomic mass is 10.1. The molecule has 0 nitrogen and oxygen atoms in total. The minimum absolute atomic E-state index is 0.126. The Balaban J connectivity index is 2.12. The van der Waals surface area contributed by atoms with Crippen LogP contribution in [0.4, 0.5) is 8.78 Å². The van der Waals surface area contributed by atoms with Gasteiger partial charge in [-0.05, 0) is 18.5 Å². The molecule has 0 aromatic heterocycles. The number of rotatable bonds is 3. The third-order valence-corrected chi connectivity index (χ3v) is 6.28. The van der Waals surface area contributed by atoms with Crippen LogP contribution in [0.5, 0.6) is 0 Å². The molecular formula is C19H15F2P. The number of benzene rings is 2. The van der Waals surface area contributed by atoms with Crippen LogP contribution in [0, 0.1) is 0 Å². The van der Waals surface area contributed by atoms with E-state index < -0.39 is 14.0 Å². The van der Waals surface area contributed by atoms with Crippen molar-refractivity contribution >= 4 is 18.5 Å². The third kappa shape index (κ3) is 3.08. The zero-order valence-corrected chi connectivity index (χ0v) is 12.8. The molecule has 1 atom stereocenters. The molecule has 0 bridgehead atoms. The van der Waals surface area contributed by atoms with E-state index in [0.717, 1.165) is 10.6 Å². The second-order valence-electron chi connectivity index (χ2n) is 4.95. The van der Waals surface area contributed by atoms with E-state index in [-0.39, 0.29) is 11.2 Å². The van der Waals surface area contributed by atoms with Gasteiger partial charge in [-0.1, -0.05) is 85.0 Å². The monoisotopic (exact) mass is 312 g/mol. The van der Waals surface area contributed by atoms with Gasteiger partial charge in [0.25, 0.3) is 6.08 Å². The minimum atomic E-state index is -1.59. The van der Waals surface area contributed by atoms with Gasteiger partial charge in [-0.2, -0.15) is 8.78 Å². The van der Waals surface area contributed by atoms with Crippen molar-refractivity contribution in [1.29, 1.82) is 0 Å². The molecule has 3 rings (SSSR count). The van der Waals surface area contributed by atoms with Crippen LogP contribution >= 0.6 is 7.92 Å². The zero-order valence-electron chi connectivity index (χ0n) is 11.9. The first-order valence-corrected chi connectivity index (χ1v) is 8.48. The summed E-state index contributed by atoms with van der Waals surface area (Å²) in [5.41, 5.74) is -0.170. The summed E-state index contributed by atoms with van der Waals surface area (Å²) >= 11 is 0. The predicted octanol–water partition coefficient (Wildman–Crippen LogP) is 4.76. The fraction of sp³-hybridized carbons (Fsp3) is 0.0526. The molecule has 2 aromatic rings. The highest BCUT2D eigenvalue weighted by molar-refractivity contribution is 7.74. The summed E-state index contributed by atoms with van der Waals surface area (Å²) in [5.74, 6) is 0. The molecule has 1 unspecified atom stereocenters. The fourth-order valence-electron chi connectivity index (χ4n) is 2.58. The van der Waals surface area contributed by atoms with Crippen LogP contribution in [-0.4, -0.2) is 5.66 Å². The standard InChI is InChI=1S/C19H15F2P/c20-19(21)17-13-7-8-14-18(17)22(15-9-3-1-4-10-15)16-11-5-2-6-12-16/h1-14,18H. The lowest BCUT2D eigenvalue weighted by Gasteiger charge is -2.28. The summed E-state index contributed by atoms with van der Waals surface area (Å²) in [5, 5.41) is 2.21. The lowest BCUT2D eigenvalue weighted by Crippen LogP contribution is -2.22. The highest BCUT2D eigenvalue weighted by Gasteiger charge is 2.28. The smallest absolute Gasteiger partial charge is 0.173 e. The van der Waals surface area contributed by atoms with E-state index in [4.69, 9.17) is 0 Å². The summed E-state index contributed by atoms with van der Waals surface area (Å²) in [6.45, 7) is 0. The van der Waals surface area contributed by atoms with E-state index in [1.165, 1.54) is 6.08 Å². The van der Waals surface area contributed by atoms with Gasteiger partial charge in [0.05, 0.1) is 0 Å². The van der Waals surface area contributed by atoms with Crippen molar-refractivity contribution in [2.24, 2.45) is 0 Å². The second-order valence-corrected chi connectivity index (χ2v) is 7.27. The molecule has 0 saturated heterocycles. The summed E-state index contributed by atoms with van der Waals surface area (Å²) in [7, 11) is -0.917. The lowest BCUT2D eigenvalue weighted by molar-refractivity contribution is 0.413. The Morgan fingerprint density at radius 2 is 1.32 bits per heavy atom. The molecule has 22 heavy (non-hydrogen) atoms. The van der Waals surface area contributed by atoms with Crippen molar-refractivity contribution in [3.8, 4) is 0 Å². The first-order chi connectivity index (χ1) is 10.8. The highest BCUT2D eigenvalue weighted by Crippen LogP contribution is 2.46. The molecule has 0 saturated carbocycles. The van der Waals surface area contributed by atoms with Crippen LogP contribution in [0.1, 0.15) is 0 Å². The molecule has 0 amide bonds. The van der Waals surface area contributed by atoms with E-state index in [0.29, 0.717) is 0 Å². The molecule has 0 spiro atoms. The Kier molecular flexibility index (Phi) is 4.60. The highest BCUT2D eigenvalue weighted by atomic mass is 31.1. The van der Waals surface area contributed by atoms with Crippen molar-refractivity contribution in [1.82, 2.24) is 0 Å². The van der Waals surface area contributed by atoms with Gasteiger partial charge in [0.15, 0.2) is 0 Å². The zero-order chi connectivity index (χ0) is 15.4. The molecule has 3 heteroatoms. The van der Waals surface area contributed by atoms with Crippen LogP contribution < -0.4 is 10.6 Å². The van der Waals surface area contributed by atoms with Crippen molar-refractivity contribution < 1.29 is 8.78 Å². The van der Waals surface area contributed by atoms with Gasteiger partial charge in [0, 0.05) is 11.2 Å². The molecular weight excluding hydrogens is 297 g/mol. The maximum Gasteiger partial charge on any atom is 0.274 e. The quantitative estimate of drug-likeness (QED) is 0.717. The van der Waals surface area contributed by atoms with Gasteiger partial charge in [-0.3, -0.25) is 0 Å². The Labute approximate surface area is 130 Å². The van der Waals surface area contributed by atoms with Crippen LogP contribution in [0.25, 0.3) is 0 Å². The minimum Gasteiger partial charge on any atom is -0.173 e. The SMILES string of the molecule is FC(F)=C1C=CC=CC1P(c1ccccc1)c1ccccc1. The van der Waals surface area contributed by atoms with Gasteiger partial charge in [0.2, 0.25) is 0 Å². The maximum absolute atomic E-state index is 13.4. The number of hydrogen-bond donors (Lipinski definition) is 0. The van der Waals surface area contributed by atoms with Crippen molar-refractivity contribution in [2.45, 2.75) is 5.66 Å². The summed E-state index contributed by atoms with van der Waals surface area (Å²) in [6.07, 6.45) is 5.36. The molecule has 1 aliphatic carbocycles. The van der Waals surface area contributed by atoms with Crippen LogP contribution in [0.2, 0.25) is 0 Å². The predicted molar refractivity (Wildman–Crippen MR) is 90.4 cm³/mol. The third-order valence-electron chi connectivity index (χ3n) is 3.56. The van der Waals surface area contributed by atoms with Gasteiger partial charge in [-0.25, -0.2) is 0 Å². The van der Waals surface area contributed by atoms with Gasteiger partial charge in [-0.15, -0.1) is 0 Å². The fourth-order valence-corrected chi connectivity index (χ4v) is 5.24. The molecule has 0 radical (unpaired) electrons. The molecule has 2 aromatic carbocycles. The van der Waals surface area contributed by atoms with E-state index in [1.54, 1.807) is 6.08 Å². The second kappa shape index (κ2) is 6.81. The number of halogens is 2. The van der Waals surface area contributed by atoms with Gasteiger partial charge >= 0.3 is 0 Å². The maximum atomic E-state index is 13.4. The Hall–Kier alpha value is -2.05. The first-order valence-electron chi connectivity index (χ1n) is 7.07. The van der Waals surface area contributed by atoms with Crippen LogP contribution in [0.15, 0.2) is 96.6 Å². The van der Waals surface area contributed by atoms with Gasteiger partial charge in [0.1, 0.15) is 0 Å². The Morgan fingerprint density at radius 3 is 1.82 bits per heavy atom. The first kappa shape index (κ1) is 14.9. The average Bonchev–Trinajstić information content (AvgIpc) is 2.57. The van der Waals surface area contributed by atoms with E-state index in [9.17, 15) is 8.78 Å². The molecule has 110 valence electrons. The summed E-state index contributed by atoms with van der Waals surface area (Å²) in [6, 6.07) is 19.9. The molecule has 0 heterocycles. The average molecular weight is 312 g/mol. The van der Waals surface area contributed by atoms with Crippen molar-refractivity contribution in [3.05, 3.63) is 96.6 Å². The summed E-state index contributed by atoms with van der Waals surface area (Å²) < 4.78 is 26.7. The Bertz CT molecular complexity index is 674. The molecule has 0 aliphatic heterocycles. The number of hydrogen-bond acceptors (Lipinski definition) is 0. The van der Waals surface area contributed by atoms with Gasteiger partial charge < -0.3 is 0 Å². The largest absolute Gasteiger partial charge is 0.274 e. The van der Waals surface area contributed by atoms with Crippen molar-refractivity contribution in [3.63, 3.8) is 0 Å². The normalized spacial score (nSPS) is 17.0. The number of allylic oxidation sites excluding steroid dienone is 5. The van der Waals surface area contributed by atoms with E-state index in [1.807, 2.05) is 72.8 Å². The van der Waals surface area contributed by atoms with Crippen molar-refractivity contribution in [2.75, 3.05) is 0 Å². The topological polar surface area (TPSA) is 0 Å². The molecule has 0 fully saturated rings. The Morgan fingerprint density at radius 1 is 0.773 bits per heavy atom.